The molecule has 0 aliphatic carbocycles. The highest BCUT2D eigenvalue weighted by Gasteiger charge is 2.13. The second kappa shape index (κ2) is 9.20. The second-order valence-electron chi connectivity index (χ2n) is 6.63. The molecule has 0 atom stereocenters. The van der Waals surface area contributed by atoms with Crippen LogP contribution < -0.4 is 4.74 Å². The van der Waals surface area contributed by atoms with E-state index in [4.69, 9.17) is 14.0 Å². The van der Waals surface area contributed by atoms with Crippen molar-refractivity contribution in [3.63, 3.8) is 0 Å². The van der Waals surface area contributed by atoms with E-state index in [1.165, 1.54) is 41.1 Å². The van der Waals surface area contributed by atoms with Crippen molar-refractivity contribution in [3.8, 4) is 5.75 Å². The van der Waals surface area contributed by atoms with Crippen molar-refractivity contribution in [1.82, 2.24) is 19.9 Å². The van der Waals surface area contributed by atoms with Crippen LogP contribution >= 0.6 is 0 Å². The molecule has 0 aliphatic heterocycles. The summed E-state index contributed by atoms with van der Waals surface area (Å²) < 4.78 is 29.9. The molecule has 0 unspecified atom stereocenters. The van der Waals surface area contributed by atoms with Crippen molar-refractivity contribution in [2.24, 2.45) is 0 Å². The van der Waals surface area contributed by atoms with Crippen molar-refractivity contribution in [2.75, 3.05) is 0 Å². The van der Waals surface area contributed by atoms with Gasteiger partial charge in [0.05, 0.1) is 29.6 Å². The molecule has 32 heavy (non-hydrogen) atoms. The minimum absolute atomic E-state index is 0.00158. The number of ether oxygens (including phenoxy) is 2. The van der Waals surface area contributed by atoms with E-state index in [1.807, 2.05) is 0 Å². The monoisotopic (exact) mass is 441 g/mol. The summed E-state index contributed by atoms with van der Waals surface area (Å²) in [5.74, 6) is -0.119. The smallest absolute Gasteiger partial charge is 0.308 e. The zero-order valence-corrected chi connectivity index (χ0v) is 16.5. The van der Waals surface area contributed by atoms with E-state index in [0.717, 1.165) is 5.39 Å². The van der Waals surface area contributed by atoms with E-state index in [-0.39, 0.29) is 49.4 Å². The fraction of sp³-hybridized carbons (Fsp3) is 0.200. The summed E-state index contributed by atoms with van der Waals surface area (Å²) in [6.45, 7) is -0.0284. The highest BCUT2D eigenvalue weighted by atomic mass is 19.1. The minimum Gasteiger partial charge on any atom is -0.485 e. The molecule has 12 heteroatoms. The Bertz CT molecular complexity index is 1250. The number of hydrogen-bond acceptors (Lipinski definition) is 9. The Balaban J connectivity index is 1.26. The molecule has 0 amide bonds. The first-order valence-corrected chi connectivity index (χ1v) is 9.43. The lowest BCUT2D eigenvalue weighted by Gasteiger charge is -2.04. The zero-order valence-electron chi connectivity index (χ0n) is 16.5. The van der Waals surface area contributed by atoms with Gasteiger partial charge in [0.2, 0.25) is 5.82 Å². The van der Waals surface area contributed by atoms with Crippen LogP contribution in [0.15, 0.2) is 53.2 Å². The Morgan fingerprint density at radius 3 is 2.78 bits per heavy atom. The molecule has 0 N–H and O–H groups in total. The van der Waals surface area contributed by atoms with Crippen molar-refractivity contribution in [3.05, 3.63) is 76.3 Å². The van der Waals surface area contributed by atoms with Gasteiger partial charge >= 0.3 is 5.97 Å². The highest BCUT2D eigenvalue weighted by Crippen LogP contribution is 2.21. The molecule has 0 saturated heterocycles. The average Bonchev–Trinajstić information content (AvgIpc) is 3.42. The lowest BCUT2D eigenvalue weighted by atomic mass is 10.2. The van der Waals surface area contributed by atoms with Crippen molar-refractivity contribution >= 4 is 22.6 Å². The fourth-order valence-corrected chi connectivity index (χ4v) is 2.85. The molecule has 2 aromatic heterocycles. The molecule has 0 radical (unpaired) electrons. The van der Waals surface area contributed by atoms with Gasteiger partial charge < -0.3 is 14.0 Å². The average molecular weight is 441 g/mol. The first-order chi connectivity index (χ1) is 15.5. The molecule has 0 bridgehead atoms. The predicted octanol–water partition coefficient (Wildman–Crippen LogP) is 3.18. The summed E-state index contributed by atoms with van der Waals surface area (Å²) in [5, 5.41) is 19.6. The number of fused-ring (bicyclic) bond motifs is 1. The third kappa shape index (κ3) is 5.03. The van der Waals surface area contributed by atoms with Gasteiger partial charge in [-0.15, -0.1) is 0 Å². The number of nitro benzene ring substituents is 1. The number of carbonyl (C=O) groups excluding carboxylic acids is 1. The van der Waals surface area contributed by atoms with Crippen molar-refractivity contribution in [1.29, 1.82) is 0 Å². The van der Waals surface area contributed by atoms with Crippen LogP contribution in [0.2, 0.25) is 0 Å². The van der Waals surface area contributed by atoms with E-state index in [0.29, 0.717) is 11.3 Å². The number of halogens is 1. The Labute approximate surface area is 179 Å². The van der Waals surface area contributed by atoms with Crippen LogP contribution in [0.5, 0.6) is 5.75 Å². The van der Waals surface area contributed by atoms with Crippen LogP contribution in [0.25, 0.3) is 10.9 Å². The first kappa shape index (κ1) is 20.9. The number of benzene rings is 2. The number of nitrogens with zero attached hydrogens (tertiary/aromatic N) is 5. The summed E-state index contributed by atoms with van der Waals surface area (Å²) in [6.07, 6.45) is 1.56. The lowest BCUT2D eigenvalue weighted by Crippen LogP contribution is -2.10. The van der Waals surface area contributed by atoms with Gasteiger partial charge in [-0.1, -0.05) is 5.16 Å². The van der Waals surface area contributed by atoms with Crippen molar-refractivity contribution in [2.45, 2.75) is 26.2 Å². The Morgan fingerprint density at radius 2 is 2.00 bits per heavy atom. The van der Waals surface area contributed by atoms with Crippen LogP contribution in [-0.4, -0.2) is 30.8 Å². The Hall–Kier alpha value is -4.35. The molecule has 2 heterocycles. The number of nitro groups is 1. The molecule has 0 saturated carbocycles. The number of esters is 1. The van der Waals surface area contributed by atoms with Crippen LogP contribution in [0.1, 0.15) is 18.1 Å². The van der Waals surface area contributed by atoms with E-state index in [2.05, 4.69) is 15.2 Å². The normalized spacial score (nSPS) is 10.9. The quantitative estimate of drug-likeness (QED) is 0.218. The van der Waals surface area contributed by atoms with Crippen molar-refractivity contribution < 1.29 is 28.1 Å². The minimum atomic E-state index is -0.526. The summed E-state index contributed by atoms with van der Waals surface area (Å²) in [4.78, 5) is 26.6. The van der Waals surface area contributed by atoms with Crippen LogP contribution in [0.3, 0.4) is 0 Å². The van der Waals surface area contributed by atoms with Gasteiger partial charge in [0.15, 0.2) is 13.2 Å². The number of hydrogen-bond donors (Lipinski definition) is 0. The number of carbonyl (C=O) groups is 1. The van der Waals surface area contributed by atoms with Gasteiger partial charge in [-0.05, 0) is 30.3 Å². The highest BCUT2D eigenvalue weighted by molar-refractivity contribution is 5.81. The van der Waals surface area contributed by atoms with Gasteiger partial charge in [0.25, 0.3) is 11.6 Å². The lowest BCUT2D eigenvalue weighted by molar-refractivity contribution is -0.384. The largest absolute Gasteiger partial charge is 0.485 e. The Morgan fingerprint density at radius 1 is 1.19 bits per heavy atom. The maximum atomic E-state index is 12.9. The maximum absolute atomic E-state index is 12.9. The SMILES string of the molecule is O=C(CCn1ncc2ccc([N+](=O)[O-])cc21)OCc1nc(COc2ccc(F)cc2)no1. The van der Waals surface area contributed by atoms with Gasteiger partial charge in [-0.3, -0.25) is 19.6 Å². The number of rotatable bonds is 9. The first-order valence-electron chi connectivity index (χ1n) is 9.43. The second-order valence-corrected chi connectivity index (χ2v) is 6.63. The summed E-state index contributed by atoms with van der Waals surface area (Å²) in [6, 6.07) is 9.88. The van der Waals surface area contributed by atoms with E-state index in [1.54, 1.807) is 12.3 Å². The summed E-state index contributed by atoms with van der Waals surface area (Å²) in [7, 11) is 0. The molecule has 4 aromatic rings. The molecule has 0 spiro atoms. The fourth-order valence-electron chi connectivity index (χ4n) is 2.85. The molecule has 2 aromatic carbocycles. The number of aromatic nitrogens is 4. The third-order valence-corrected chi connectivity index (χ3v) is 4.42. The van der Waals surface area contributed by atoms with Crippen LogP contribution in [0.4, 0.5) is 10.1 Å². The molecule has 4 rings (SSSR count). The van der Waals surface area contributed by atoms with Crippen LogP contribution in [-0.2, 0) is 29.3 Å². The molecular weight excluding hydrogens is 425 g/mol. The van der Waals surface area contributed by atoms with Crippen LogP contribution in [0, 0.1) is 15.9 Å². The zero-order chi connectivity index (χ0) is 22.5. The van der Waals surface area contributed by atoms with E-state index in [9.17, 15) is 19.3 Å². The molecule has 0 fully saturated rings. The Kier molecular flexibility index (Phi) is 6.01. The standard InChI is InChI=1S/C20H16FN5O6/c21-14-2-5-16(6-3-14)30-11-18-23-19(32-24-18)12-31-20(27)7-8-25-17-9-15(26(28)29)4-1-13(17)10-22-25/h1-6,9-10H,7-8,11-12H2. The molecular formula is C20H16FN5O6. The molecule has 11 nitrogen and oxygen atoms in total. The van der Waals surface area contributed by atoms with E-state index >= 15 is 0 Å². The number of non-ortho nitro benzene ring substituents is 1. The molecule has 164 valence electrons. The van der Waals surface area contributed by atoms with E-state index < -0.39 is 10.9 Å². The van der Waals surface area contributed by atoms with Gasteiger partial charge in [0.1, 0.15) is 11.6 Å². The molecule has 0 aliphatic rings. The summed E-state index contributed by atoms with van der Waals surface area (Å²) >= 11 is 0. The topological polar surface area (TPSA) is 135 Å². The summed E-state index contributed by atoms with van der Waals surface area (Å²) in [5.41, 5.74) is 0.493. The third-order valence-electron chi connectivity index (χ3n) is 4.42. The number of aryl methyl sites for hydroxylation is 1. The predicted molar refractivity (Wildman–Crippen MR) is 106 cm³/mol. The maximum Gasteiger partial charge on any atom is 0.308 e. The van der Waals surface area contributed by atoms with Gasteiger partial charge in [-0.2, -0.15) is 10.1 Å². The van der Waals surface area contributed by atoms with Gasteiger partial charge in [0, 0.05) is 17.5 Å². The van der Waals surface area contributed by atoms with Gasteiger partial charge in [-0.25, -0.2) is 4.39 Å².